The molecule has 0 bridgehead atoms. The number of hydrogen-bond donors (Lipinski definition) is 0. The molecule has 14 aromatic rings. The van der Waals surface area contributed by atoms with E-state index in [0.717, 1.165) is 111 Å². The minimum absolute atomic E-state index is 0.509. The number of rotatable bonds is 6. The molecule has 0 amide bonds. The normalized spacial score (nSPS) is 12.4. The van der Waals surface area contributed by atoms with Crippen molar-refractivity contribution in [1.29, 1.82) is 0 Å². The van der Waals surface area contributed by atoms with Crippen LogP contribution in [0.15, 0.2) is 223 Å². The Kier molecular flexibility index (Phi) is 8.52. The van der Waals surface area contributed by atoms with Crippen molar-refractivity contribution < 1.29 is 4.42 Å². The highest BCUT2D eigenvalue weighted by molar-refractivity contribution is 6.26. The first-order valence-corrected chi connectivity index (χ1v) is 23.8. The van der Waals surface area contributed by atoms with Crippen molar-refractivity contribution >= 4 is 82.9 Å². The van der Waals surface area contributed by atoms with Crippen LogP contribution in [0.1, 0.15) is 11.1 Å². The first-order chi connectivity index (χ1) is 35.2. The van der Waals surface area contributed by atoms with Gasteiger partial charge in [-0.05, 0) is 71.8 Å². The van der Waals surface area contributed by atoms with Crippen molar-refractivity contribution in [2.45, 2.75) is 6.42 Å². The Morgan fingerprint density at radius 3 is 1.69 bits per heavy atom. The second-order valence-corrected chi connectivity index (χ2v) is 18.1. The van der Waals surface area contributed by atoms with Gasteiger partial charge in [0.25, 0.3) is 0 Å². The zero-order chi connectivity index (χ0) is 46.6. The first-order valence-electron chi connectivity index (χ1n) is 23.8. The van der Waals surface area contributed by atoms with E-state index < -0.39 is 0 Å². The van der Waals surface area contributed by atoms with Crippen LogP contribution in [0.4, 0.5) is 17.3 Å². The average molecular weight is 911 g/mol. The molecule has 0 aliphatic carbocycles. The van der Waals surface area contributed by atoms with Gasteiger partial charge in [0, 0.05) is 55.4 Å². The molecule has 0 unspecified atom stereocenters. The zero-order valence-corrected chi connectivity index (χ0v) is 38.0. The SMILES string of the molecule is c1ccc(-c2cc(-c3ccc4oc5ccccc5c4c3)nc(-n3c4ccccc4c4ccc5c(c6ccccc6n5-c5nc(-c6ccccc6)nc(N6c7ccccc7Cc7ccccc76)n5)c43)n2)cc1. The van der Waals surface area contributed by atoms with Crippen molar-refractivity contribution in [2.24, 2.45) is 0 Å². The Labute approximate surface area is 406 Å². The van der Waals surface area contributed by atoms with Gasteiger partial charge >= 0.3 is 0 Å². The Morgan fingerprint density at radius 2 is 0.930 bits per heavy atom. The second-order valence-electron chi connectivity index (χ2n) is 18.1. The van der Waals surface area contributed by atoms with Crippen LogP contribution in [-0.2, 0) is 6.42 Å². The lowest BCUT2D eigenvalue weighted by atomic mass is 9.96. The lowest BCUT2D eigenvalue weighted by molar-refractivity contribution is 0.669. The molecule has 0 spiro atoms. The number of furan rings is 1. The fraction of sp³-hybridized carbons (Fsp3) is 0.0161. The van der Waals surface area contributed by atoms with Gasteiger partial charge < -0.3 is 4.42 Å². The molecule has 5 aromatic heterocycles. The molecule has 9 nitrogen and oxygen atoms in total. The lowest BCUT2D eigenvalue weighted by Crippen LogP contribution is -2.22. The van der Waals surface area contributed by atoms with E-state index in [2.05, 4.69) is 190 Å². The summed E-state index contributed by atoms with van der Waals surface area (Å²) in [6.45, 7) is 0. The number of nitrogens with zero attached hydrogens (tertiary/aromatic N) is 8. The molecule has 0 radical (unpaired) electrons. The number of aromatic nitrogens is 7. The molecule has 0 atom stereocenters. The summed E-state index contributed by atoms with van der Waals surface area (Å²) in [5, 5.41) is 6.37. The summed E-state index contributed by atoms with van der Waals surface area (Å²) in [6, 6.07) is 75.7. The van der Waals surface area contributed by atoms with Crippen LogP contribution >= 0.6 is 0 Å². The van der Waals surface area contributed by atoms with Crippen LogP contribution in [0.2, 0.25) is 0 Å². The molecule has 71 heavy (non-hydrogen) atoms. The second kappa shape index (κ2) is 15.4. The van der Waals surface area contributed by atoms with Crippen LogP contribution in [0.5, 0.6) is 0 Å². The summed E-state index contributed by atoms with van der Waals surface area (Å²) in [5.41, 5.74) is 14.5. The maximum Gasteiger partial charge on any atom is 0.240 e. The van der Waals surface area contributed by atoms with E-state index in [0.29, 0.717) is 23.7 Å². The molecule has 0 fully saturated rings. The molecule has 6 heterocycles. The largest absolute Gasteiger partial charge is 0.456 e. The van der Waals surface area contributed by atoms with Gasteiger partial charge in [-0.15, -0.1) is 0 Å². The number of para-hydroxylation sites is 5. The molecule has 9 aromatic carbocycles. The summed E-state index contributed by atoms with van der Waals surface area (Å²) < 4.78 is 10.7. The van der Waals surface area contributed by atoms with Gasteiger partial charge in [0.1, 0.15) is 11.2 Å². The molecule has 1 aliphatic rings. The number of benzene rings is 9. The Morgan fingerprint density at radius 1 is 0.352 bits per heavy atom. The fourth-order valence-electron chi connectivity index (χ4n) is 10.8. The quantitative estimate of drug-likeness (QED) is 0.164. The maximum absolute atomic E-state index is 6.27. The zero-order valence-electron chi connectivity index (χ0n) is 38.0. The lowest BCUT2D eigenvalue weighted by Gasteiger charge is -2.32. The smallest absolute Gasteiger partial charge is 0.240 e. The highest BCUT2D eigenvalue weighted by atomic mass is 16.3. The van der Waals surface area contributed by atoms with Crippen molar-refractivity contribution in [3.8, 4) is 45.8 Å². The van der Waals surface area contributed by atoms with Gasteiger partial charge in [0.15, 0.2) is 5.82 Å². The summed E-state index contributed by atoms with van der Waals surface area (Å²) in [6.07, 6.45) is 0.819. The highest BCUT2D eigenvalue weighted by Crippen LogP contribution is 2.45. The highest BCUT2D eigenvalue weighted by Gasteiger charge is 2.29. The van der Waals surface area contributed by atoms with E-state index >= 15 is 0 Å². The van der Waals surface area contributed by atoms with Crippen LogP contribution in [0.25, 0.3) is 111 Å². The molecule has 15 rings (SSSR count). The van der Waals surface area contributed by atoms with E-state index in [1.54, 1.807) is 0 Å². The minimum Gasteiger partial charge on any atom is -0.456 e. The molecule has 9 heteroatoms. The maximum atomic E-state index is 6.27. The third kappa shape index (κ3) is 6.09. The third-order valence-corrected chi connectivity index (χ3v) is 14.0. The van der Waals surface area contributed by atoms with Crippen molar-refractivity contribution in [3.05, 3.63) is 230 Å². The van der Waals surface area contributed by atoms with E-state index in [1.807, 2.05) is 42.5 Å². The summed E-state index contributed by atoms with van der Waals surface area (Å²) in [5.74, 6) is 2.18. The topological polar surface area (TPSA) is 90.7 Å². The average Bonchev–Trinajstić information content (AvgIpc) is 4.10. The van der Waals surface area contributed by atoms with Crippen LogP contribution in [-0.4, -0.2) is 34.1 Å². The fourth-order valence-corrected chi connectivity index (χ4v) is 10.8. The molecule has 332 valence electrons. The standard InChI is InChI=1S/C62H38N8O/c1-3-17-38(18-4-1)48-37-49(40-31-34-56-47(36-40)44-24-11-16-30-55(44)71-56)64-60(63-48)70-52-28-14-9-23-43(52)45-32-33-54-57(58(45)70)46-25-10-15-29-53(46)69(54)62-66-59(39-19-5-2-6-20-39)65-61(67-62)68-50-26-12-7-21-41(50)35-42-22-8-13-27-51(42)68/h1-34,36-37H,35H2. The molecule has 0 saturated carbocycles. The molecular formula is C62H38N8O. The van der Waals surface area contributed by atoms with E-state index in [4.69, 9.17) is 29.3 Å². The van der Waals surface area contributed by atoms with Crippen molar-refractivity contribution in [2.75, 3.05) is 4.90 Å². The van der Waals surface area contributed by atoms with E-state index in [-0.39, 0.29) is 0 Å². The van der Waals surface area contributed by atoms with Crippen molar-refractivity contribution in [1.82, 2.24) is 34.1 Å². The molecule has 0 saturated heterocycles. The predicted molar refractivity (Wildman–Crippen MR) is 285 cm³/mol. The van der Waals surface area contributed by atoms with E-state index in [1.165, 1.54) is 11.1 Å². The summed E-state index contributed by atoms with van der Waals surface area (Å²) >= 11 is 0. The summed E-state index contributed by atoms with van der Waals surface area (Å²) in [4.78, 5) is 29.3. The number of fused-ring (bicyclic) bond motifs is 12. The van der Waals surface area contributed by atoms with E-state index in [9.17, 15) is 0 Å². The Bertz CT molecular complexity index is 4410. The Hall–Kier alpha value is -9.73. The summed E-state index contributed by atoms with van der Waals surface area (Å²) in [7, 11) is 0. The van der Waals surface area contributed by atoms with Crippen LogP contribution < -0.4 is 4.90 Å². The Balaban J connectivity index is 1.02. The number of hydrogen-bond acceptors (Lipinski definition) is 7. The molecule has 0 N–H and O–H groups in total. The van der Waals surface area contributed by atoms with Crippen molar-refractivity contribution in [3.63, 3.8) is 0 Å². The van der Waals surface area contributed by atoms with Gasteiger partial charge in [-0.2, -0.15) is 15.0 Å². The third-order valence-electron chi connectivity index (χ3n) is 14.0. The number of anilines is 3. The predicted octanol–water partition coefficient (Wildman–Crippen LogP) is 15.1. The van der Waals surface area contributed by atoms with Gasteiger partial charge in [-0.3, -0.25) is 14.0 Å². The van der Waals surface area contributed by atoms with Gasteiger partial charge in [-0.25, -0.2) is 9.97 Å². The van der Waals surface area contributed by atoms with Gasteiger partial charge in [-0.1, -0.05) is 158 Å². The van der Waals surface area contributed by atoms with Crippen LogP contribution in [0, 0.1) is 0 Å². The molecular weight excluding hydrogens is 873 g/mol. The monoisotopic (exact) mass is 910 g/mol. The van der Waals surface area contributed by atoms with Gasteiger partial charge in [0.2, 0.25) is 17.8 Å². The first kappa shape index (κ1) is 39.3. The van der Waals surface area contributed by atoms with Crippen LogP contribution in [0.3, 0.4) is 0 Å². The van der Waals surface area contributed by atoms with Gasteiger partial charge in [0.05, 0.1) is 44.8 Å². The minimum atomic E-state index is 0.509. The molecule has 1 aliphatic heterocycles.